The third-order valence-corrected chi connectivity index (χ3v) is 7.65. The molecule has 0 heteroatoms. The zero-order chi connectivity index (χ0) is 88.3. The maximum atomic E-state index is 3.32. The molecular weight excluding hydrogens is 1490 g/mol. The van der Waals surface area contributed by atoms with Crippen LogP contribution >= 0.6 is 0 Å². The lowest BCUT2D eigenvalue weighted by Crippen LogP contribution is -1.57. The third-order valence-electron chi connectivity index (χ3n) is 7.65. The fraction of sp³-hybridized carbons (Fsp3) is 0.00806. The molecule has 0 nitrogen and oxygen atoms in total. The summed E-state index contributed by atoms with van der Waals surface area (Å²) in [7, 11) is 0. The Morgan fingerprint density at radius 3 is 0.145 bits per heavy atom. The van der Waals surface area contributed by atoms with Crippen molar-refractivity contribution in [1.29, 1.82) is 0 Å². The van der Waals surface area contributed by atoms with Crippen molar-refractivity contribution in [3.05, 3.63) is 6.92 Å². The van der Waals surface area contributed by atoms with Gasteiger partial charge in [0.2, 0.25) is 0 Å². The summed E-state index contributed by atoms with van der Waals surface area (Å²) in [4.78, 5) is 0. The SMILES string of the molecule is [CH2-]C#CC#CC#CC#CC#CC#CC#CC#CC#CC#CC#CC#CC#CC#CC#CC#CC#CC#CC#CC#CC#CC#CC#CC#CC#CC#CC#CC#CC#CC#CC#CC#CC#CC#CC#CC#CC#CC#CC#CC#CC#CC#CC#CC#CC#CC#CC#CC#CC#CC#CC#CC#CC#CC#CC#CC#CC#CC#CC#CC#CC#CC. The van der Waals surface area contributed by atoms with E-state index in [0.717, 1.165) is 0 Å². The zero-order valence-corrected chi connectivity index (χ0v) is 62.7. The summed E-state index contributed by atoms with van der Waals surface area (Å²) in [6.07, 6.45) is 0. The van der Waals surface area contributed by atoms with Crippen LogP contribution in [0.2, 0.25) is 0 Å². The quantitative estimate of drug-likeness (QED) is 0.252. The molecule has 0 fully saturated rings. The fourth-order valence-corrected chi connectivity index (χ4v) is 3.79. The second kappa shape index (κ2) is 96.0. The minimum Gasteiger partial charge on any atom is -0.284 e. The van der Waals surface area contributed by atoms with Crippen molar-refractivity contribution in [2.75, 3.05) is 0 Å². The van der Waals surface area contributed by atoms with Crippen LogP contribution in [0.3, 0.4) is 0 Å². The summed E-state index contributed by atoms with van der Waals surface area (Å²) < 4.78 is 0. The molecule has 0 aromatic rings. The molecule has 0 heterocycles. The van der Waals surface area contributed by atoms with E-state index in [2.05, 4.69) is 729 Å². The Morgan fingerprint density at radius 1 is 0.0645 bits per heavy atom. The monoisotopic (exact) mass is 1490 g/mol. The molecule has 0 aromatic heterocycles. The van der Waals surface area contributed by atoms with E-state index in [4.69, 9.17) is 0 Å². The van der Waals surface area contributed by atoms with Crippen LogP contribution in [0.4, 0.5) is 0 Å². The maximum Gasteiger partial charge on any atom is 0 e. The van der Waals surface area contributed by atoms with Crippen LogP contribution in [0.1, 0.15) is 6.92 Å². The fourth-order valence-electron chi connectivity index (χ4n) is 3.79. The molecule has 0 atom stereocenters. The Kier molecular flexibility index (Phi) is 75.1. The van der Waals surface area contributed by atoms with Gasteiger partial charge in [0.15, 0.2) is 0 Å². The van der Waals surface area contributed by atoms with Gasteiger partial charge in [0, 0.05) is 604 Å². The van der Waals surface area contributed by atoms with Gasteiger partial charge in [-0.2, -0.15) is 6.92 Å². The molecule has 0 bridgehead atoms. The number of hydrogen-bond acceptors (Lipinski definition) is 0. The van der Waals surface area contributed by atoms with Crippen molar-refractivity contribution < 1.29 is 0 Å². The first-order valence-electron chi connectivity index (χ1n) is 31.1. The minimum atomic E-state index is 1.68. The van der Waals surface area contributed by atoms with Gasteiger partial charge in [-0.3, -0.25) is 5.92 Å². The topological polar surface area (TPSA) is 0 Å². The Hall–Kier alpha value is -27.0. The molecule has 0 aliphatic carbocycles. The summed E-state index contributed by atoms with van der Waals surface area (Å²) in [6, 6.07) is 0. The van der Waals surface area contributed by atoms with Gasteiger partial charge in [-0.05, 0) is 102 Å². The van der Waals surface area contributed by atoms with Crippen LogP contribution in [0, 0.1) is 729 Å². The van der Waals surface area contributed by atoms with Gasteiger partial charge in [0.05, 0.1) is 0 Å². The smallest absolute Gasteiger partial charge is 0 e. The first-order chi connectivity index (χ1) is 61.9. The molecule has 502 valence electrons. The average Bonchev–Trinajstić information content (AvgIpc) is 1.21. The zero-order valence-electron chi connectivity index (χ0n) is 62.7. The lowest BCUT2D eigenvalue weighted by molar-refractivity contribution is 1.92. The molecule has 124 heavy (non-hydrogen) atoms. The summed E-state index contributed by atoms with van der Waals surface area (Å²) in [5, 5.41) is 0. The highest BCUT2D eigenvalue weighted by Crippen LogP contribution is 1.70. The van der Waals surface area contributed by atoms with Crippen LogP contribution in [0.15, 0.2) is 0 Å². The predicted octanol–water partition coefficient (Wildman–Crippen LogP) is 1.05. The van der Waals surface area contributed by atoms with Gasteiger partial charge in [0.1, 0.15) is 0 Å². The molecule has 0 aliphatic heterocycles. The highest BCUT2D eigenvalue weighted by atomic mass is 13.7. The van der Waals surface area contributed by atoms with E-state index in [1.54, 1.807) is 6.92 Å². The minimum absolute atomic E-state index is 1.68. The van der Waals surface area contributed by atoms with Crippen molar-refractivity contribution in [1.82, 2.24) is 0 Å². The summed E-state index contributed by atoms with van der Waals surface area (Å²) >= 11 is 0. The normalized spacial score (nSPS) is 3.98. The number of rotatable bonds is 0. The van der Waals surface area contributed by atoms with Crippen molar-refractivity contribution >= 4 is 0 Å². The molecule has 0 radical (unpaired) electrons. The largest absolute Gasteiger partial charge is 0.284 e. The van der Waals surface area contributed by atoms with Crippen LogP contribution in [0.25, 0.3) is 0 Å². The summed E-state index contributed by atoms with van der Waals surface area (Å²) in [5.41, 5.74) is 0. The number of hydrogen-bond donors (Lipinski definition) is 0. The van der Waals surface area contributed by atoms with Crippen molar-refractivity contribution in [3.8, 4) is 722 Å². The molecule has 0 rings (SSSR count). The lowest BCUT2D eigenvalue weighted by atomic mass is 10.4. The van der Waals surface area contributed by atoms with Gasteiger partial charge in [-0.25, -0.2) is 5.92 Å². The first-order valence-corrected chi connectivity index (χ1v) is 31.1. The van der Waals surface area contributed by atoms with Gasteiger partial charge < -0.3 is 0 Å². The predicted molar refractivity (Wildman–Crippen MR) is 485 cm³/mol. The maximum absolute atomic E-state index is 3.32. The van der Waals surface area contributed by atoms with E-state index in [0.29, 0.717) is 0 Å². The first kappa shape index (κ1) is 97.0. The standard InChI is InChI=1S/C124H5/c1-3-5-7-9-11-13-15-17-19-21-23-25-27-29-31-33-35-37-39-41-43-45-47-49-51-53-55-57-59-61-63-65-67-69-71-73-75-77-79-81-83-85-87-89-91-93-95-97-99-101-103-105-107-109-111-113-115-117-119-121-123-124-122-120-118-116-114-112-110-108-106-104-102-100-98-96-94-92-90-88-86-84-82-80-78-76-74-72-70-68-66-64-62-60-58-56-54-52-50-48-46-44-42-40-38-36-34-32-30-28-26-24-22-20-18-16-14-12-10-8-6-4-2/h1H2,2H3/q-1. The molecule has 0 unspecified atom stereocenters. The van der Waals surface area contributed by atoms with E-state index in [9.17, 15) is 0 Å². The third kappa shape index (κ3) is 95.0. The molecule has 0 aliphatic rings. The highest BCUT2D eigenvalue weighted by Gasteiger charge is 1.69. The lowest BCUT2D eigenvalue weighted by Gasteiger charge is -1.64. The molecule has 0 saturated carbocycles. The molecular formula is C124H5-. The molecule has 0 aromatic carbocycles. The van der Waals surface area contributed by atoms with E-state index >= 15 is 0 Å². The average molecular weight is 1490 g/mol. The summed E-state index contributed by atoms with van der Waals surface area (Å²) in [5.74, 6) is 305. The Balaban J connectivity index is 4.65. The van der Waals surface area contributed by atoms with Gasteiger partial charge in [-0.1, -0.05) is 5.92 Å². The Morgan fingerprint density at radius 2 is 0.105 bits per heavy atom. The van der Waals surface area contributed by atoms with Crippen molar-refractivity contribution in [2.24, 2.45) is 0 Å². The van der Waals surface area contributed by atoms with E-state index in [1.165, 1.54) is 0 Å². The van der Waals surface area contributed by atoms with Gasteiger partial charge in [0.25, 0.3) is 0 Å². The van der Waals surface area contributed by atoms with E-state index < -0.39 is 0 Å². The summed E-state index contributed by atoms with van der Waals surface area (Å²) in [6.45, 7) is 5.00. The van der Waals surface area contributed by atoms with Crippen LogP contribution in [-0.4, -0.2) is 0 Å². The van der Waals surface area contributed by atoms with Crippen LogP contribution in [0.5, 0.6) is 0 Å². The Labute approximate surface area is 731 Å². The molecule has 0 saturated heterocycles. The van der Waals surface area contributed by atoms with Crippen LogP contribution < -0.4 is 0 Å². The van der Waals surface area contributed by atoms with E-state index in [1.807, 2.05) is 0 Å². The second-order valence-electron chi connectivity index (χ2n) is 15.4. The molecule has 0 amide bonds. The molecule has 0 spiro atoms. The van der Waals surface area contributed by atoms with Crippen molar-refractivity contribution in [2.45, 2.75) is 6.92 Å². The molecule has 0 N–H and O–H groups in total. The Bertz CT molecular complexity index is 8210. The highest BCUT2D eigenvalue weighted by molar-refractivity contribution is 5.58. The van der Waals surface area contributed by atoms with E-state index in [-0.39, 0.29) is 0 Å². The van der Waals surface area contributed by atoms with Crippen LogP contribution in [-0.2, 0) is 0 Å². The second-order valence-corrected chi connectivity index (χ2v) is 15.4. The van der Waals surface area contributed by atoms with Gasteiger partial charge in [-0.15, -0.1) is 5.92 Å². The van der Waals surface area contributed by atoms with Gasteiger partial charge >= 0.3 is 0 Å². The van der Waals surface area contributed by atoms with Crippen molar-refractivity contribution in [3.63, 3.8) is 0 Å².